The highest BCUT2D eigenvalue weighted by molar-refractivity contribution is 5.33. The number of nitrogens with two attached hydrogens (primary N) is 1. The molecule has 19 heavy (non-hydrogen) atoms. The number of para-hydroxylation sites is 1. The number of hydrogen-bond donors (Lipinski definition) is 1. The highest BCUT2D eigenvalue weighted by Crippen LogP contribution is 2.20. The molecule has 1 aromatic carbocycles. The summed E-state index contributed by atoms with van der Waals surface area (Å²) in [6, 6.07) is 7.12. The Morgan fingerprint density at radius 1 is 1.26 bits per heavy atom. The van der Waals surface area contributed by atoms with Gasteiger partial charge < -0.3 is 15.2 Å². The summed E-state index contributed by atoms with van der Waals surface area (Å²) in [6.45, 7) is 0.224. The van der Waals surface area contributed by atoms with Crippen molar-refractivity contribution in [3.8, 4) is 5.75 Å². The Labute approximate surface area is 110 Å². The average molecular weight is 277 g/mol. The van der Waals surface area contributed by atoms with E-state index < -0.39 is 19.6 Å². The first-order chi connectivity index (χ1) is 8.92. The summed E-state index contributed by atoms with van der Waals surface area (Å²) in [5.74, 6) is 0.508. The molecule has 0 saturated heterocycles. The van der Waals surface area contributed by atoms with Crippen LogP contribution in [0.4, 0.5) is 13.2 Å². The van der Waals surface area contributed by atoms with Crippen LogP contribution in [0.2, 0.25) is 0 Å². The largest absolute Gasteiger partial charge is 0.467 e. The highest BCUT2D eigenvalue weighted by Gasteiger charge is 2.27. The van der Waals surface area contributed by atoms with E-state index >= 15 is 0 Å². The van der Waals surface area contributed by atoms with E-state index in [9.17, 15) is 13.2 Å². The van der Waals surface area contributed by atoms with E-state index in [4.69, 9.17) is 10.5 Å². The molecule has 1 unspecified atom stereocenters. The lowest BCUT2D eigenvalue weighted by Gasteiger charge is -2.14. The van der Waals surface area contributed by atoms with Crippen LogP contribution in [-0.2, 0) is 11.2 Å². The first-order valence-electron chi connectivity index (χ1n) is 6.03. The SMILES string of the molecule is CCC(N)Cc1ccccc1OCOCC(F)(F)F. The molecular formula is C13H18F3NO2. The third-order valence-corrected chi connectivity index (χ3v) is 2.54. The third-order valence-electron chi connectivity index (χ3n) is 2.54. The summed E-state index contributed by atoms with van der Waals surface area (Å²) in [5, 5.41) is 0. The minimum atomic E-state index is -4.34. The fourth-order valence-electron chi connectivity index (χ4n) is 1.50. The summed E-state index contributed by atoms with van der Waals surface area (Å²) in [7, 11) is 0. The zero-order chi connectivity index (χ0) is 14.3. The van der Waals surface area contributed by atoms with E-state index in [0.717, 1.165) is 12.0 Å². The second-order valence-electron chi connectivity index (χ2n) is 4.21. The lowest BCUT2D eigenvalue weighted by Crippen LogP contribution is -2.22. The van der Waals surface area contributed by atoms with E-state index in [1.165, 1.54) is 0 Å². The molecule has 1 rings (SSSR count). The van der Waals surface area contributed by atoms with Crippen molar-refractivity contribution < 1.29 is 22.6 Å². The molecule has 1 atom stereocenters. The molecule has 0 aliphatic carbocycles. The van der Waals surface area contributed by atoms with Crippen molar-refractivity contribution >= 4 is 0 Å². The Hall–Kier alpha value is -1.27. The Morgan fingerprint density at radius 3 is 2.58 bits per heavy atom. The van der Waals surface area contributed by atoms with E-state index in [1.807, 2.05) is 19.1 Å². The molecule has 0 aromatic heterocycles. The molecule has 1 aromatic rings. The summed E-state index contributed by atoms with van der Waals surface area (Å²) >= 11 is 0. The Bertz CT molecular complexity index is 382. The molecule has 3 nitrogen and oxygen atoms in total. The molecule has 108 valence electrons. The van der Waals surface area contributed by atoms with Gasteiger partial charge >= 0.3 is 6.18 Å². The van der Waals surface area contributed by atoms with Gasteiger partial charge in [-0.15, -0.1) is 0 Å². The van der Waals surface area contributed by atoms with Gasteiger partial charge in [0.1, 0.15) is 12.4 Å². The molecule has 0 aliphatic heterocycles. The summed E-state index contributed by atoms with van der Waals surface area (Å²) in [5.41, 5.74) is 6.72. The highest BCUT2D eigenvalue weighted by atomic mass is 19.4. The zero-order valence-electron chi connectivity index (χ0n) is 10.7. The van der Waals surface area contributed by atoms with E-state index in [2.05, 4.69) is 4.74 Å². The smallest absolute Gasteiger partial charge is 0.411 e. The van der Waals surface area contributed by atoms with Crippen LogP contribution in [-0.4, -0.2) is 25.6 Å². The van der Waals surface area contributed by atoms with E-state index in [0.29, 0.717) is 12.2 Å². The second kappa shape index (κ2) is 7.35. The van der Waals surface area contributed by atoms with Gasteiger partial charge in [0.25, 0.3) is 0 Å². The number of halogens is 3. The van der Waals surface area contributed by atoms with Gasteiger partial charge in [0.2, 0.25) is 0 Å². The number of alkyl halides is 3. The van der Waals surface area contributed by atoms with Gasteiger partial charge in [0, 0.05) is 6.04 Å². The monoisotopic (exact) mass is 277 g/mol. The Kier molecular flexibility index (Phi) is 6.11. The van der Waals surface area contributed by atoms with Crippen molar-refractivity contribution in [2.45, 2.75) is 32.0 Å². The molecule has 6 heteroatoms. The maximum absolute atomic E-state index is 11.9. The first kappa shape index (κ1) is 15.8. The van der Waals surface area contributed by atoms with Crippen molar-refractivity contribution in [3.05, 3.63) is 29.8 Å². The van der Waals surface area contributed by atoms with Gasteiger partial charge in [-0.3, -0.25) is 0 Å². The van der Waals surface area contributed by atoms with Crippen molar-refractivity contribution in [2.24, 2.45) is 5.73 Å². The summed E-state index contributed by atoms with van der Waals surface area (Å²) in [4.78, 5) is 0. The van der Waals surface area contributed by atoms with Crippen molar-refractivity contribution in [1.29, 1.82) is 0 Å². The first-order valence-corrected chi connectivity index (χ1v) is 6.03. The molecule has 0 bridgehead atoms. The van der Waals surface area contributed by atoms with Crippen LogP contribution < -0.4 is 10.5 Å². The van der Waals surface area contributed by atoms with Crippen molar-refractivity contribution in [2.75, 3.05) is 13.4 Å². The average Bonchev–Trinajstić information content (AvgIpc) is 2.35. The molecule has 2 N–H and O–H groups in total. The van der Waals surface area contributed by atoms with Gasteiger partial charge in [0.15, 0.2) is 6.79 Å². The van der Waals surface area contributed by atoms with Crippen LogP contribution in [0.5, 0.6) is 5.75 Å². The topological polar surface area (TPSA) is 44.5 Å². The lowest BCUT2D eigenvalue weighted by molar-refractivity contribution is -0.186. The molecule has 0 amide bonds. The van der Waals surface area contributed by atoms with E-state index in [-0.39, 0.29) is 6.04 Å². The van der Waals surface area contributed by atoms with Gasteiger partial charge in [-0.25, -0.2) is 0 Å². The van der Waals surface area contributed by atoms with Crippen LogP contribution in [0.15, 0.2) is 24.3 Å². The summed E-state index contributed by atoms with van der Waals surface area (Å²) in [6.07, 6.45) is -2.90. The van der Waals surface area contributed by atoms with Gasteiger partial charge in [-0.1, -0.05) is 25.1 Å². The minimum Gasteiger partial charge on any atom is -0.467 e. The van der Waals surface area contributed by atoms with Crippen molar-refractivity contribution in [1.82, 2.24) is 0 Å². The number of rotatable bonds is 7. The van der Waals surface area contributed by atoms with Gasteiger partial charge in [-0.05, 0) is 24.5 Å². The second-order valence-corrected chi connectivity index (χ2v) is 4.21. The maximum Gasteiger partial charge on any atom is 0.411 e. The van der Waals surface area contributed by atoms with Gasteiger partial charge in [-0.2, -0.15) is 13.2 Å². The van der Waals surface area contributed by atoms with Crippen LogP contribution in [0.3, 0.4) is 0 Å². The zero-order valence-corrected chi connectivity index (χ0v) is 10.7. The molecule has 0 heterocycles. The number of benzene rings is 1. The standard InChI is InChI=1S/C13H18F3NO2/c1-2-11(17)7-10-5-3-4-6-12(10)19-9-18-8-13(14,15)16/h3-6,11H,2,7-9,17H2,1H3. The molecule has 0 spiro atoms. The molecule has 0 saturated carbocycles. The Morgan fingerprint density at radius 2 is 1.95 bits per heavy atom. The predicted octanol–water partition coefficient (Wildman–Crippen LogP) is 2.88. The van der Waals surface area contributed by atoms with E-state index in [1.54, 1.807) is 12.1 Å². The van der Waals surface area contributed by atoms with Crippen LogP contribution in [0, 0.1) is 0 Å². The van der Waals surface area contributed by atoms with Crippen molar-refractivity contribution in [3.63, 3.8) is 0 Å². The minimum absolute atomic E-state index is 0.000781. The molecule has 0 fully saturated rings. The Balaban J connectivity index is 2.49. The number of hydrogen-bond acceptors (Lipinski definition) is 3. The lowest BCUT2D eigenvalue weighted by atomic mass is 10.0. The molecule has 0 aliphatic rings. The summed E-state index contributed by atoms with van der Waals surface area (Å²) < 4.78 is 45.3. The molecular weight excluding hydrogens is 259 g/mol. The fraction of sp³-hybridized carbons (Fsp3) is 0.538. The molecule has 0 radical (unpaired) electrons. The third kappa shape index (κ3) is 6.45. The van der Waals surface area contributed by atoms with Crippen LogP contribution in [0.25, 0.3) is 0 Å². The normalized spacial score (nSPS) is 13.3. The maximum atomic E-state index is 11.9. The quantitative estimate of drug-likeness (QED) is 0.615. The fourth-order valence-corrected chi connectivity index (χ4v) is 1.50. The predicted molar refractivity (Wildman–Crippen MR) is 65.9 cm³/mol. The van der Waals surface area contributed by atoms with Crippen LogP contribution in [0.1, 0.15) is 18.9 Å². The van der Waals surface area contributed by atoms with Crippen LogP contribution >= 0.6 is 0 Å². The van der Waals surface area contributed by atoms with Gasteiger partial charge in [0.05, 0.1) is 0 Å². The number of ether oxygens (including phenoxy) is 2.